The Bertz CT molecular complexity index is 372. The van der Waals surface area contributed by atoms with Gasteiger partial charge in [-0.25, -0.2) is 23.2 Å². The monoisotopic (exact) mass is 311 g/mol. The van der Waals surface area contributed by atoms with E-state index in [0.717, 1.165) is 11.5 Å². The second-order valence-electron chi connectivity index (χ2n) is 5.67. The highest BCUT2D eigenvalue weighted by Crippen LogP contribution is 2.35. The van der Waals surface area contributed by atoms with Gasteiger partial charge >= 0.3 is 0 Å². The first kappa shape index (κ1) is 16.9. The van der Waals surface area contributed by atoms with Crippen molar-refractivity contribution < 1.29 is 33.5 Å². The van der Waals surface area contributed by atoms with E-state index in [2.05, 4.69) is 24.5 Å². The van der Waals surface area contributed by atoms with Crippen LogP contribution in [0.3, 0.4) is 0 Å². The summed E-state index contributed by atoms with van der Waals surface area (Å²) in [7, 11) is -4.94. The van der Waals surface area contributed by atoms with Crippen molar-refractivity contribution in [2.75, 3.05) is 13.1 Å². The molecule has 0 radical (unpaired) electrons. The van der Waals surface area contributed by atoms with Crippen LogP contribution in [0.15, 0.2) is 11.1 Å². The molecule has 0 N–H and O–H groups in total. The Morgan fingerprint density at radius 3 is 2.00 bits per heavy atom. The Morgan fingerprint density at radius 1 is 1.11 bits per heavy atom. The Kier molecular flexibility index (Phi) is 5.79. The largest absolute Gasteiger partial charge is 0.233 e. The summed E-state index contributed by atoms with van der Waals surface area (Å²) in [5.41, 5.74) is 1.81. The zero-order chi connectivity index (χ0) is 14.7. The van der Waals surface area contributed by atoms with Crippen molar-refractivity contribution in [1.29, 1.82) is 0 Å². The third-order valence-corrected chi connectivity index (χ3v) is 3.39. The van der Waals surface area contributed by atoms with E-state index in [1.807, 2.05) is 0 Å². The van der Waals surface area contributed by atoms with Gasteiger partial charge in [-0.2, -0.15) is 0 Å². The normalized spacial score (nSPS) is 22.8. The van der Waals surface area contributed by atoms with E-state index in [9.17, 15) is 0 Å². The third-order valence-electron chi connectivity index (χ3n) is 3.14. The van der Waals surface area contributed by atoms with Crippen LogP contribution in [0.25, 0.3) is 0 Å². The number of hydrogen-bond donors (Lipinski definition) is 0. The van der Waals surface area contributed by atoms with Crippen molar-refractivity contribution in [2.45, 2.75) is 39.5 Å². The Hall–Kier alpha value is -0.170. The zero-order valence-electron chi connectivity index (χ0n) is 11.2. The lowest BCUT2D eigenvalue weighted by Crippen LogP contribution is -2.68. The molecule has 110 valence electrons. The molecule has 0 saturated carbocycles. The average molecular weight is 312 g/mol. The van der Waals surface area contributed by atoms with Crippen molar-refractivity contribution in [1.82, 2.24) is 0 Å². The maximum atomic E-state index is 8.49. The lowest BCUT2D eigenvalue weighted by Gasteiger charge is -2.27. The van der Waals surface area contributed by atoms with Crippen molar-refractivity contribution in [3.05, 3.63) is 11.1 Å². The number of rotatable bonds is 0. The van der Waals surface area contributed by atoms with Gasteiger partial charge in [-0.1, -0.05) is 25.4 Å². The van der Waals surface area contributed by atoms with Crippen LogP contribution >= 0.6 is 11.6 Å². The van der Waals surface area contributed by atoms with Crippen molar-refractivity contribution in [3.8, 4) is 0 Å². The second-order valence-corrected chi connectivity index (χ2v) is 6.91. The molecule has 1 saturated heterocycles. The molecule has 1 heterocycles. The molecule has 7 heteroatoms. The molecule has 2 rings (SSSR count). The molecule has 19 heavy (non-hydrogen) atoms. The summed E-state index contributed by atoms with van der Waals surface area (Å²) < 4.78 is 36.5. The molecular formula is C12H19Cl2NO4. The number of nitrogens with zero attached hydrogens (tertiary/aromatic N) is 1. The number of halogens is 2. The molecule has 1 fully saturated rings. The molecule has 5 nitrogen and oxygen atoms in total. The molecule has 1 aliphatic carbocycles. The SMILES string of the molecule is CC1(C)CC(Cl)=CC(=[N+]2CCCC2)C1.[O-][Cl+3]([O-])([O-])[O-]. The molecule has 0 bridgehead atoms. The molecule has 1 aliphatic heterocycles. The highest BCUT2D eigenvalue weighted by atomic mass is 35.7. The van der Waals surface area contributed by atoms with Crippen LogP contribution in [0, 0.1) is 15.7 Å². The van der Waals surface area contributed by atoms with Gasteiger partial charge in [-0.15, -0.1) is 10.2 Å². The van der Waals surface area contributed by atoms with E-state index in [1.165, 1.54) is 38.1 Å². The van der Waals surface area contributed by atoms with Crippen LogP contribution in [0.4, 0.5) is 0 Å². The Morgan fingerprint density at radius 2 is 1.58 bits per heavy atom. The molecule has 0 aromatic rings. The second kappa shape index (κ2) is 6.52. The fourth-order valence-corrected chi connectivity index (χ4v) is 2.99. The number of allylic oxidation sites excluding steroid dienone is 2. The van der Waals surface area contributed by atoms with Crippen LogP contribution < -0.4 is 18.6 Å². The van der Waals surface area contributed by atoms with Crippen molar-refractivity contribution in [3.63, 3.8) is 0 Å². The topological polar surface area (TPSA) is 95.2 Å². The maximum Gasteiger partial charge on any atom is 0.177 e. The van der Waals surface area contributed by atoms with E-state index >= 15 is 0 Å². The minimum absolute atomic E-state index is 0.351. The smallest absolute Gasteiger partial charge is 0.177 e. The van der Waals surface area contributed by atoms with Gasteiger partial charge in [0.2, 0.25) is 0 Å². The Labute approximate surface area is 120 Å². The summed E-state index contributed by atoms with van der Waals surface area (Å²) in [5, 5.41) is 1.03. The molecule has 0 aromatic heterocycles. The standard InChI is InChI=1S/C12H19ClN.ClHO4/c1-12(2)8-10(13)7-11(9-12)14-5-3-4-6-14;2-1(3,4)5/h7H,3-6,8-9H2,1-2H3;(H,2,3,4,5)/q+1;/p-1. The molecule has 0 unspecified atom stereocenters. The van der Waals surface area contributed by atoms with E-state index < -0.39 is 10.2 Å². The van der Waals surface area contributed by atoms with E-state index in [0.29, 0.717) is 5.41 Å². The van der Waals surface area contributed by atoms with Gasteiger partial charge in [0, 0.05) is 30.4 Å². The molecule has 0 amide bonds. The summed E-state index contributed by atoms with van der Waals surface area (Å²) in [5.74, 6) is 0. The highest BCUT2D eigenvalue weighted by Gasteiger charge is 2.31. The first-order valence-electron chi connectivity index (χ1n) is 6.15. The summed E-state index contributed by atoms with van der Waals surface area (Å²) in [6.07, 6.45) is 7.10. The molecular weight excluding hydrogens is 293 g/mol. The van der Waals surface area contributed by atoms with Crippen LogP contribution in [-0.2, 0) is 0 Å². The minimum atomic E-state index is -4.94. The van der Waals surface area contributed by atoms with Gasteiger partial charge < -0.3 is 0 Å². The maximum absolute atomic E-state index is 8.49. The third kappa shape index (κ3) is 7.25. The molecule has 2 aliphatic rings. The summed E-state index contributed by atoms with van der Waals surface area (Å²) in [6, 6.07) is 0. The molecule has 0 aromatic carbocycles. The van der Waals surface area contributed by atoms with E-state index in [4.69, 9.17) is 30.2 Å². The van der Waals surface area contributed by atoms with Gasteiger partial charge in [0.1, 0.15) is 13.1 Å². The molecule has 0 spiro atoms. The van der Waals surface area contributed by atoms with Crippen molar-refractivity contribution in [2.24, 2.45) is 5.41 Å². The first-order chi connectivity index (χ1) is 8.57. The van der Waals surface area contributed by atoms with E-state index in [-0.39, 0.29) is 0 Å². The predicted octanol–water partition coefficient (Wildman–Crippen LogP) is -1.58. The van der Waals surface area contributed by atoms with Gasteiger partial charge in [0.05, 0.1) is 0 Å². The first-order valence-corrected chi connectivity index (χ1v) is 7.77. The fourth-order valence-electron chi connectivity index (χ4n) is 2.50. The summed E-state index contributed by atoms with van der Waals surface area (Å²) in [4.78, 5) is 0. The van der Waals surface area contributed by atoms with Crippen molar-refractivity contribution >= 4 is 17.3 Å². The summed E-state index contributed by atoms with van der Waals surface area (Å²) in [6.45, 7) is 7.06. The van der Waals surface area contributed by atoms with Crippen LogP contribution in [-0.4, -0.2) is 23.4 Å². The van der Waals surface area contributed by atoms with Gasteiger partial charge in [0.15, 0.2) is 5.71 Å². The van der Waals surface area contributed by atoms with Gasteiger partial charge in [-0.3, -0.25) is 0 Å². The minimum Gasteiger partial charge on any atom is -0.233 e. The highest BCUT2D eigenvalue weighted by molar-refractivity contribution is 6.31. The predicted molar refractivity (Wildman–Crippen MR) is 61.2 cm³/mol. The van der Waals surface area contributed by atoms with Gasteiger partial charge in [-0.05, 0) is 11.8 Å². The quantitative estimate of drug-likeness (QED) is 0.504. The van der Waals surface area contributed by atoms with Crippen LogP contribution in [0.2, 0.25) is 0 Å². The fraction of sp³-hybridized carbons (Fsp3) is 0.750. The molecule has 0 atom stereocenters. The zero-order valence-corrected chi connectivity index (χ0v) is 12.7. The lowest BCUT2D eigenvalue weighted by atomic mass is 9.80. The number of hydrogen-bond acceptors (Lipinski definition) is 4. The van der Waals surface area contributed by atoms with Crippen LogP contribution in [0.5, 0.6) is 0 Å². The van der Waals surface area contributed by atoms with E-state index in [1.54, 1.807) is 0 Å². The lowest BCUT2D eigenvalue weighted by molar-refractivity contribution is -2.00. The van der Waals surface area contributed by atoms with Gasteiger partial charge in [0.25, 0.3) is 0 Å². The Balaban J connectivity index is 0.000000312. The summed E-state index contributed by atoms with van der Waals surface area (Å²) >= 11 is 6.19. The average Bonchev–Trinajstić information content (AvgIpc) is 2.63. The van der Waals surface area contributed by atoms with Crippen LogP contribution in [0.1, 0.15) is 39.5 Å².